The monoisotopic (exact) mass is 346 g/mol. The molecule has 0 heterocycles. The number of nitrogens with one attached hydrogen (secondary N) is 2. The SMILES string of the molecule is COCCNC(=O)c1ccc(NC(=O)c2ccccc2C)cc1Cl. The molecule has 0 atom stereocenters. The second-order valence-corrected chi connectivity index (χ2v) is 5.62. The molecule has 2 rings (SSSR count). The van der Waals surface area contributed by atoms with E-state index < -0.39 is 0 Å². The Kier molecular flexibility index (Phi) is 6.35. The summed E-state index contributed by atoms with van der Waals surface area (Å²) in [5.74, 6) is -0.504. The maximum absolute atomic E-state index is 12.3. The van der Waals surface area contributed by atoms with Crippen LogP contribution in [-0.4, -0.2) is 32.1 Å². The largest absolute Gasteiger partial charge is 0.383 e. The molecule has 0 bridgehead atoms. The van der Waals surface area contributed by atoms with Gasteiger partial charge in [-0.05, 0) is 36.8 Å². The van der Waals surface area contributed by atoms with Gasteiger partial charge in [0.05, 0.1) is 17.2 Å². The van der Waals surface area contributed by atoms with Crippen LogP contribution in [0.1, 0.15) is 26.3 Å². The van der Waals surface area contributed by atoms with Crippen LogP contribution in [0.25, 0.3) is 0 Å². The molecule has 2 amide bonds. The minimum Gasteiger partial charge on any atom is -0.383 e. The maximum atomic E-state index is 12.3. The molecule has 0 unspecified atom stereocenters. The lowest BCUT2D eigenvalue weighted by atomic mass is 10.1. The molecule has 2 aromatic carbocycles. The predicted octanol–water partition coefficient (Wildman–Crippen LogP) is 3.28. The van der Waals surface area contributed by atoms with E-state index in [-0.39, 0.29) is 16.8 Å². The number of anilines is 1. The van der Waals surface area contributed by atoms with E-state index in [9.17, 15) is 9.59 Å². The number of hydrogen-bond acceptors (Lipinski definition) is 3. The smallest absolute Gasteiger partial charge is 0.255 e. The lowest BCUT2D eigenvalue weighted by Gasteiger charge is -2.10. The van der Waals surface area contributed by atoms with Crippen molar-refractivity contribution in [1.29, 1.82) is 0 Å². The van der Waals surface area contributed by atoms with Gasteiger partial charge in [0.15, 0.2) is 0 Å². The summed E-state index contributed by atoms with van der Waals surface area (Å²) in [6.07, 6.45) is 0. The molecule has 0 aliphatic carbocycles. The van der Waals surface area contributed by atoms with Crippen LogP contribution in [-0.2, 0) is 4.74 Å². The highest BCUT2D eigenvalue weighted by atomic mass is 35.5. The van der Waals surface area contributed by atoms with E-state index in [4.69, 9.17) is 16.3 Å². The van der Waals surface area contributed by atoms with Crippen molar-refractivity contribution in [3.8, 4) is 0 Å². The van der Waals surface area contributed by atoms with Crippen LogP contribution in [0.4, 0.5) is 5.69 Å². The Balaban J connectivity index is 2.08. The van der Waals surface area contributed by atoms with Crippen molar-refractivity contribution >= 4 is 29.1 Å². The molecule has 0 saturated heterocycles. The molecule has 6 heteroatoms. The second-order valence-electron chi connectivity index (χ2n) is 5.21. The number of aryl methyl sites for hydroxylation is 1. The number of rotatable bonds is 6. The molecule has 0 aromatic heterocycles. The summed E-state index contributed by atoms with van der Waals surface area (Å²) in [4.78, 5) is 24.3. The van der Waals surface area contributed by atoms with Gasteiger partial charge in [0, 0.05) is 24.9 Å². The highest BCUT2D eigenvalue weighted by molar-refractivity contribution is 6.34. The number of carbonyl (C=O) groups is 2. The predicted molar refractivity (Wildman–Crippen MR) is 94.8 cm³/mol. The standard InChI is InChI=1S/C18H19ClN2O3/c1-12-5-3-4-6-14(12)18(23)21-13-7-8-15(16(19)11-13)17(22)20-9-10-24-2/h3-8,11H,9-10H2,1-2H3,(H,20,22)(H,21,23). The summed E-state index contributed by atoms with van der Waals surface area (Å²) < 4.78 is 4.88. The number of hydrogen-bond donors (Lipinski definition) is 2. The first-order valence-electron chi connectivity index (χ1n) is 7.46. The molecule has 5 nitrogen and oxygen atoms in total. The minimum atomic E-state index is -0.283. The van der Waals surface area contributed by atoms with Gasteiger partial charge in [0.25, 0.3) is 11.8 Å². The first-order chi connectivity index (χ1) is 11.5. The van der Waals surface area contributed by atoms with Crippen molar-refractivity contribution in [1.82, 2.24) is 5.32 Å². The highest BCUT2D eigenvalue weighted by Gasteiger charge is 2.13. The summed E-state index contributed by atoms with van der Waals surface area (Å²) in [7, 11) is 1.56. The fraction of sp³-hybridized carbons (Fsp3) is 0.222. The summed E-state index contributed by atoms with van der Waals surface area (Å²) in [5.41, 5.74) is 2.36. The van der Waals surface area contributed by atoms with E-state index in [1.807, 2.05) is 25.1 Å². The third kappa shape index (κ3) is 4.57. The zero-order chi connectivity index (χ0) is 17.5. The Morgan fingerprint density at radius 3 is 2.50 bits per heavy atom. The number of benzene rings is 2. The molecule has 0 radical (unpaired) electrons. The molecule has 2 N–H and O–H groups in total. The third-order valence-electron chi connectivity index (χ3n) is 3.45. The number of amides is 2. The van der Waals surface area contributed by atoms with E-state index in [2.05, 4.69) is 10.6 Å². The fourth-order valence-corrected chi connectivity index (χ4v) is 2.43. The fourth-order valence-electron chi connectivity index (χ4n) is 2.16. The van der Waals surface area contributed by atoms with Gasteiger partial charge in [-0.25, -0.2) is 0 Å². The first kappa shape index (κ1) is 18.0. The summed E-state index contributed by atoms with van der Waals surface area (Å²) in [6.45, 7) is 2.70. The molecule has 0 spiro atoms. The minimum absolute atomic E-state index is 0.221. The van der Waals surface area contributed by atoms with E-state index >= 15 is 0 Å². The molecule has 0 aliphatic rings. The lowest BCUT2D eigenvalue weighted by molar-refractivity contribution is 0.0936. The summed E-state index contributed by atoms with van der Waals surface area (Å²) in [6, 6.07) is 12.1. The number of halogens is 1. The number of ether oxygens (including phenoxy) is 1. The maximum Gasteiger partial charge on any atom is 0.255 e. The van der Waals surface area contributed by atoms with Crippen LogP contribution in [0.3, 0.4) is 0 Å². The van der Waals surface area contributed by atoms with Gasteiger partial charge in [0.1, 0.15) is 0 Å². The van der Waals surface area contributed by atoms with Crippen LogP contribution in [0.5, 0.6) is 0 Å². The van der Waals surface area contributed by atoms with Gasteiger partial charge in [-0.2, -0.15) is 0 Å². The van der Waals surface area contributed by atoms with Gasteiger partial charge < -0.3 is 15.4 Å². The van der Waals surface area contributed by atoms with Crippen LogP contribution >= 0.6 is 11.6 Å². The van der Waals surface area contributed by atoms with Gasteiger partial charge in [0.2, 0.25) is 0 Å². The lowest BCUT2D eigenvalue weighted by Crippen LogP contribution is -2.27. The Bertz CT molecular complexity index is 747. The summed E-state index contributed by atoms with van der Waals surface area (Å²) >= 11 is 6.15. The molecule has 126 valence electrons. The molecular formula is C18H19ClN2O3. The first-order valence-corrected chi connectivity index (χ1v) is 7.84. The van der Waals surface area contributed by atoms with Gasteiger partial charge in [-0.3, -0.25) is 9.59 Å². The average Bonchev–Trinajstić information content (AvgIpc) is 2.55. The van der Waals surface area contributed by atoms with Crippen molar-refractivity contribution in [2.75, 3.05) is 25.6 Å². The summed E-state index contributed by atoms with van der Waals surface area (Å²) in [5, 5.41) is 5.75. The van der Waals surface area contributed by atoms with Crippen LogP contribution in [0, 0.1) is 6.92 Å². The van der Waals surface area contributed by atoms with Crippen molar-refractivity contribution in [2.45, 2.75) is 6.92 Å². The van der Waals surface area contributed by atoms with Gasteiger partial charge >= 0.3 is 0 Å². The molecule has 0 saturated carbocycles. The Morgan fingerprint density at radius 1 is 1.08 bits per heavy atom. The number of methoxy groups -OCH3 is 1. The quantitative estimate of drug-likeness (QED) is 0.789. The van der Waals surface area contributed by atoms with E-state index in [0.29, 0.717) is 30.0 Å². The molecule has 0 fully saturated rings. The molecule has 0 aliphatic heterocycles. The van der Waals surface area contributed by atoms with Crippen molar-refractivity contribution in [3.63, 3.8) is 0 Å². The number of carbonyl (C=O) groups excluding carboxylic acids is 2. The van der Waals surface area contributed by atoms with E-state index in [1.54, 1.807) is 31.4 Å². The Morgan fingerprint density at radius 2 is 1.83 bits per heavy atom. The zero-order valence-corrected chi connectivity index (χ0v) is 14.3. The van der Waals surface area contributed by atoms with Crippen molar-refractivity contribution in [2.24, 2.45) is 0 Å². The molecule has 24 heavy (non-hydrogen) atoms. The van der Waals surface area contributed by atoms with Crippen LogP contribution in [0.2, 0.25) is 5.02 Å². The van der Waals surface area contributed by atoms with Gasteiger partial charge in [-0.1, -0.05) is 29.8 Å². The molecule has 2 aromatic rings. The Labute approximate surface area is 146 Å². The van der Waals surface area contributed by atoms with Crippen LogP contribution in [0.15, 0.2) is 42.5 Å². The molecular weight excluding hydrogens is 328 g/mol. The van der Waals surface area contributed by atoms with E-state index in [0.717, 1.165) is 5.56 Å². The van der Waals surface area contributed by atoms with Gasteiger partial charge in [-0.15, -0.1) is 0 Å². The average molecular weight is 347 g/mol. The van der Waals surface area contributed by atoms with Crippen LogP contribution < -0.4 is 10.6 Å². The third-order valence-corrected chi connectivity index (χ3v) is 3.77. The Hall–Kier alpha value is -2.37. The second kappa shape index (κ2) is 8.47. The van der Waals surface area contributed by atoms with E-state index in [1.165, 1.54) is 0 Å². The highest BCUT2D eigenvalue weighted by Crippen LogP contribution is 2.22. The topological polar surface area (TPSA) is 67.4 Å². The van der Waals surface area contributed by atoms with Crippen molar-refractivity contribution < 1.29 is 14.3 Å². The van der Waals surface area contributed by atoms with Crippen molar-refractivity contribution in [3.05, 3.63) is 64.2 Å². The zero-order valence-electron chi connectivity index (χ0n) is 13.6. The normalized spacial score (nSPS) is 10.3.